The minimum Gasteiger partial charge on any atom is -0.380 e. The highest BCUT2D eigenvalue weighted by molar-refractivity contribution is 8.61. The van der Waals surface area contributed by atoms with E-state index in [9.17, 15) is 0 Å². The lowest BCUT2D eigenvalue weighted by molar-refractivity contribution is 0.189. The number of hydrogen-bond acceptors (Lipinski definition) is 1. The van der Waals surface area contributed by atoms with Crippen molar-refractivity contribution in [3.8, 4) is 0 Å². The molecule has 60 valence electrons. The second-order valence-corrected chi connectivity index (χ2v) is 12.2. The van der Waals surface area contributed by atoms with Crippen LogP contribution in [0.1, 0.15) is 6.92 Å². The molecule has 0 bridgehead atoms. The molecular formula is C5H14OP4. The molecule has 4 unspecified atom stereocenters. The normalized spacial score (nSPS) is 37.5. The van der Waals surface area contributed by atoms with E-state index in [0.717, 1.165) is 32.7 Å². The summed E-state index contributed by atoms with van der Waals surface area (Å²) in [6.45, 7) is 4.27. The van der Waals surface area contributed by atoms with Crippen LogP contribution in [0.15, 0.2) is 0 Å². The van der Waals surface area contributed by atoms with Gasteiger partial charge in [0.15, 0.2) is 0 Å². The van der Waals surface area contributed by atoms with Crippen molar-refractivity contribution in [2.75, 3.05) is 13.2 Å². The predicted octanol–water partition coefficient (Wildman–Crippen LogP) is 2.68. The maximum Gasteiger partial charge on any atom is 0.0543 e. The van der Waals surface area contributed by atoms with Gasteiger partial charge in [0.05, 0.1) is 6.61 Å². The zero-order valence-corrected chi connectivity index (χ0v) is 10.3. The molecule has 0 radical (unpaired) electrons. The van der Waals surface area contributed by atoms with Crippen molar-refractivity contribution in [2.24, 2.45) is 5.92 Å². The smallest absolute Gasteiger partial charge is 0.0543 e. The van der Waals surface area contributed by atoms with Crippen LogP contribution in [-0.4, -0.2) is 18.9 Å². The van der Waals surface area contributed by atoms with Crippen molar-refractivity contribution < 1.29 is 4.74 Å². The van der Waals surface area contributed by atoms with E-state index < -0.39 is 0 Å². The van der Waals surface area contributed by atoms with Crippen LogP contribution in [0.2, 0.25) is 0 Å². The number of rotatable bonds is 2. The molecule has 0 aliphatic carbocycles. The zero-order valence-electron chi connectivity index (χ0n) is 6.08. The number of hydrogen-bond donors (Lipinski definition) is 0. The molecule has 1 aliphatic heterocycles. The van der Waals surface area contributed by atoms with Gasteiger partial charge in [0.2, 0.25) is 0 Å². The summed E-state index contributed by atoms with van der Waals surface area (Å²) < 4.78 is 5.39. The monoisotopic (exact) mass is 214 g/mol. The van der Waals surface area contributed by atoms with Gasteiger partial charge in [-0.25, -0.2) is 0 Å². The van der Waals surface area contributed by atoms with Crippen molar-refractivity contribution in [1.29, 1.82) is 0 Å². The molecule has 1 aliphatic rings. The van der Waals surface area contributed by atoms with E-state index in [-0.39, 0.29) is 7.30 Å². The quantitative estimate of drug-likeness (QED) is 0.642. The Morgan fingerprint density at radius 2 is 2.30 bits per heavy atom. The van der Waals surface area contributed by atoms with Crippen molar-refractivity contribution in [3.05, 3.63) is 0 Å². The predicted molar refractivity (Wildman–Crippen MR) is 58.4 cm³/mol. The fourth-order valence-corrected chi connectivity index (χ4v) is 6.62. The number of ether oxygens (including phenoxy) is 1. The van der Waals surface area contributed by atoms with Crippen molar-refractivity contribution in [3.63, 3.8) is 0 Å². The van der Waals surface area contributed by atoms with Gasteiger partial charge in [-0.15, -0.1) is 17.9 Å². The SMILES string of the molecule is C[C@H]1COC[C@H]1P(P)PP. The van der Waals surface area contributed by atoms with Gasteiger partial charge in [0.25, 0.3) is 0 Å². The standard InChI is InChI=1S/C5H14OP4/c1-4-2-6-3-5(4)10(8)9-7/h4-5,9H,2-3,7-8H2,1H3/t4-,5+,10?/m0/s1. The van der Waals surface area contributed by atoms with Crippen LogP contribution in [0.4, 0.5) is 0 Å². The molecule has 1 nitrogen and oxygen atoms in total. The van der Waals surface area contributed by atoms with E-state index in [1.54, 1.807) is 0 Å². The van der Waals surface area contributed by atoms with E-state index in [2.05, 4.69) is 24.8 Å². The van der Waals surface area contributed by atoms with E-state index in [1.807, 2.05) is 0 Å². The lowest BCUT2D eigenvalue weighted by Gasteiger charge is -2.19. The molecule has 0 N–H and O–H groups in total. The Labute approximate surface area is 70.1 Å². The average Bonchev–Trinajstić information content (AvgIpc) is 2.34. The topological polar surface area (TPSA) is 9.23 Å². The van der Waals surface area contributed by atoms with Gasteiger partial charge in [0, 0.05) is 12.3 Å². The molecule has 5 heteroatoms. The average molecular weight is 214 g/mol. The minimum absolute atomic E-state index is 0.164. The Balaban J connectivity index is 2.38. The first-order valence-electron chi connectivity index (χ1n) is 3.33. The Morgan fingerprint density at radius 1 is 1.60 bits per heavy atom. The highest BCUT2D eigenvalue weighted by Crippen LogP contribution is 2.70. The van der Waals surface area contributed by atoms with Crippen LogP contribution in [-0.2, 0) is 4.74 Å². The molecular weight excluding hydrogens is 200 g/mol. The molecule has 6 atom stereocenters. The molecule has 0 spiro atoms. The molecule has 1 rings (SSSR count). The Morgan fingerprint density at radius 3 is 2.70 bits per heavy atom. The Hall–Kier alpha value is 1.68. The van der Waals surface area contributed by atoms with Crippen molar-refractivity contribution >= 4 is 33.1 Å². The Kier molecular flexibility index (Phi) is 4.53. The van der Waals surface area contributed by atoms with E-state index in [4.69, 9.17) is 4.74 Å². The van der Waals surface area contributed by atoms with E-state index >= 15 is 0 Å². The molecule has 0 saturated carbocycles. The summed E-state index contributed by atoms with van der Waals surface area (Å²) in [4.78, 5) is 0. The van der Waals surface area contributed by atoms with Crippen LogP contribution >= 0.6 is 33.1 Å². The first kappa shape index (κ1) is 9.77. The first-order valence-corrected chi connectivity index (χ1v) is 10.0. The fraction of sp³-hybridized carbons (Fsp3) is 1.00. The summed E-state index contributed by atoms with van der Waals surface area (Å²) in [5, 5.41) is 0. The van der Waals surface area contributed by atoms with E-state index in [1.165, 1.54) is 0 Å². The van der Waals surface area contributed by atoms with Crippen LogP contribution in [0, 0.1) is 5.92 Å². The zero-order chi connectivity index (χ0) is 7.56. The third-order valence-electron chi connectivity index (χ3n) is 1.83. The Bertz CT molecular complexity index is 110. The summed E-state index contributed by atoms with van der Waals surface area (Å²) in [6.07, 6.45) is 0. The largest absolute Gasteiger partial charge is 0.380 e. The molecule has 1 fully saturated rings. The highest BCUT2D eigenvalue weighted by Gasteiger charge is 2.28. The first-order chi connectivity index (χ1) is 4.75. The molecule has 0 aromatic carbocycles. The van der Waals surface area contributed by atoms with Gasteiger partial charge < -0.3 is 4.74 Å². The van der Waals surface area contributed by atoms with Gasteiger partial charge in [-0.1, -0.05) is 22.2 Å². The van der Waals surface area contributed by atoms with Gasteiger partial charge >= 0.3 is 0 Å². The molecule has 1 heterocycles. The maximum atomic E-state index is 5.39. The molecule has 0 aromatic rings. The van der Waals surface area contributed by atoms with Crippen LogP contribution < -0.4 is 0 Å². The summed E-state index contributed by atoms with van der Waals surface area (Å²) in [7, 11) is 7.00. The summed E-state index contributed by atoms with van der Waals surface area (Å²) in [5.41, 5.74) is 0.843. The van der Waals surface area contributed by atoms with Gasteiger partial charge in [-0.2, -0.15) is 0 Å². The van der Waals surface area contributed by atoms with E-state index in [0.29, 0.717) is 0 Å². The fourth-order valence-electron chi connectivity index (χ4n) is 1.10. The van der Waals surface area contributed by atoms with Crippen LogP contribution in [0.5, 0.6) is 0 Å². The highest BCUT2D eigenvalue weighted by atomic mass is 32.6. The van der Waals surface area contributed by atoms with Crippen molar-refractivity contribution in [1.82, 2.24) is 0 Å². The molecule has 0 amide bonds. The lowest BCUT2D eigenvalue weighted by Crippen LogP contribution is -2.09. The van der Waals surface area contributed by atoms with Crippen molar-refractivity contribution in [2.45, 2.75) is 12.6 Å². The summed E-state index contributed by atoms with van der Waals surface area (Å²) >= 11 is 0. The molecule has 10 heavy (non-hydrogen) atoms. The molecule has 1 saturated heterocycles. The minimum atomic E-state index is 0.164. The summed E-state index contributed by atoms with van der Waals surface area (Å²) in [5.74, 6) is 0.789. The van der Waals surface area contributed by atoms with Gasteiger partial charge in [-0.05, 0) is 5.92 Å². The van der Waals surface area contributed by atoms with Crippen LogP contribution in [0.3, 0.4) is 0 Å². The maximum absolute atomic E-state index is 5.39. The molecule has 0 aromatic heterocycles. The summed E-state index contributed by atoms with van der Waals surface area (Å²) in [6, 6.07) is 0. The van der Waals surface area contributed by atoms with Crippen LogP contribution in [0.25, 0.3) is 0 Å². The lowest BCUT2D eigenvalue weighted by atomic mass is 10.2. The second-order valence-electron chi connectivity index (χ2n) is 2.62. The second kappa shape index (κ2) is 4.64. The van der Waals surface area contributed by atoms with Gasteiger partial charge in [-0.3, -0.25) is 0 Å². The third kappa shape index (κ3) is 2.33. The van der Waals surface area contributed by atoms with Gasteiger partial charge in [0.1, 0.15) is 0 Å². The third-order valence-corrected chi connectivity index (χ3v) is 13.2.